The lowest BCUT2D eigenvalue weighted by atomic mass is 10.1. The number of hydrogen-bond acceptors (Lipinski definition) is 3. The smallest absolute Gasteiger partial charge is 0.256 e. The molecule has 4 nitrogen and oxygen atoms in total. The molecular formula is C16H25N3O. The van der Waals surface area contributed by atoms with Crippen LogP contribution in [0.25, 0.3) is 0 Å². The van der Waals surface area contributed by atoms with Gasteiger partial charge in [0.15, 0.2) is 0 Å². The zero-order valence-electron chi connectivity index (χ0n) is 12.9. The third-order valence-corrected chi connectivity index (χ3v) is 3.89. The molecule has 4 heteroatoms. The molecule has 0 aliphatic carbocycles. The minimum Gasteiger partial charge on any atom is -0.387 e. The largest absolute Gasteiger partial charge is 0.387 e. The predicted molar refractivity (Wildman–Crippen MR) is 83.3 cm³/mol. The average Bonchev–Trinajstić information content (AvgIpc) is 2.85. The Morgan fingerprint density at radius 1 is 1.45 bits per heavy atom. The Kier molecular flexibility index (Phi) is 4.65. The molecule has 1 aromatic carbocycles. The van der Waals surface area contributed by atoms with E-state index in [0.29, 0.717) is 6.04 Å². The summed E-state index contributed by atoms with van der Waals surface area (Å²) in [6.45, 7) is 3.83. The van der Waals surface area contributed by atoms with Crippen LogP contribution in [0.15, 0.2) is 18.2 Å². The minimum absolute atomic E-state index is 0.155. The molecule has 2 rings (SSSR count). The van der Waals surface area contributed by atoms with E-state index >= 15 is 0 Å². The molecule has 0 spiro atoms. The van der Waals surface area contributed by atoms with Crippen LogP contribution in [0.3, 0.4) is 0 Å². The maximum atomic E-state index is 12.8. The van der Waals surface area contributed by atoms with E-state index in [1.807, 2.05) is 37.1 Å². The van der Waals surface area contributed by atoms with E-state index in [2.05, 4.69) is 24.3 Å². The van der Waals surface area contributed by atoms with Gasteiger partial charge in [-0.15, -0.1) is 0 Å². The number of carbonyl (C=O) groups is 1. The topological polar surface area (TPSA) is 35.6 Å². The lowest BCUT2D eigenvalue weighted by molar-refractivity contribution is 0.0717. The molecule has 1 aromatic rings. The quantitative estimate of drug-likeness (QED) is 0.915. The van der Waals surface area contributed by atoms with Crippen molar-refractivity contribution in [3.05, 3.63) is 29.3 Å². The van der Waals surface area contributed by atoms with Crippen LogP contribution in [0, 0.1) is 6.92 Å². The van der Waals surface area contributed by atoms with E-state index in [9.17, 15) is 4.79 Å². The van der Waals surface area contributed by atoms with E-state index in [-0.39, 0.29) is 5.91 Å². The van der Waals surface area contributed by atoms with Crippen LogP contribution in [0.4, 0.5) is 5.69 Å². The Hall–Kier alpha value is -1.55. The number of carbonyl (C=O) groups excluding carboxylic acids is 1. The fourth-order valence-electron chi connectivity index (χ4n) is 2.92. The van der Waals surface area contributed by atoms with Crippen molar-refractivity contribution < 1.29 is 4.79 Å². The zero-order valence-corrected chi connectivity index (χ0v) is 12.9. The molecule has 110 valence electrons. The van der Waals surface area contributed by atoms with Gasteiger partial charge in [-0.2, -0.15) is 0 Å². The number of anilines is 1. The van der Waals surface area contributed by atoms with E-state index < -0.39 is 0 Å². The standard InChI is InChI=1S/C16H25N3O/c1-12-7-8-15(17-2)14(10-12)16(20)19-9-5-6-13(19)11-18(3)4/h7-8,10,13,17H,5-6,9,11H2,1-4H3. The van der Waals surface area contributed by atoms with Crippen molar-refractivity contribution in [1.82, 2.24) is 9.80 Å². The monoisotopic (exact) mass is 275 g/mol. The molecule has 0 saturated carbocycles. The van der Waals surface area contributed by atoms with Crippen molar-refractivity contribution in [3.8, 4) is 0 Å². The van der Waals surface area contributed by atoms with Crippen molar-refractivity contribution in [2.24, 2.45) is 0 Å². The lowest BCUT2D eigenvalue weighted by Crippen LogP contribution is -2.41. The van der Waals surface area contributed by atoms with Crippen molar-refractivity contribution >= 4 is 11.6 Å². The van der Waals surface area contributed by atoms with Crippen LogP contribution in [0.2, 0.25) is 0 Å². The second-order valence-electron chi connectivity index (χ2n) is 5.86. The first-order valence-electron chi connectivity index (χ1n) is 7.27. The third-order valence-electron chi connectivity index (χ3n) is 3.89. The van der Waals surface area contributed by atoms with E-state index in [0.717, 1.165) is 42.7 Å². The summed E-state index contributed by atoms with van der Waals surface area (Å²) in [4.78, 5) is 17.0. The summed E-state index contributed by atoms with van der Waals surface area (Å²) in [5.74, 6) is 0.155. The maximum Gasteiger partial charge on any atom is 0.256 e. The summed E-state index contributed by atoms with van der Waals surface area (Å²) >= 11 is 0. The Labute approximate surface area is 121 Å². The molecule has 1 N–H and O–H groups in total. The number of hydrogen-bond donors (Lipinski definition) is 1. The number of amides is 1. The van der Waals surface area contributed by atoms with Crippen LogP contribution in [-0.4, -0.2) is 56.0 Å². The summed E-state index contributed by atoms with van der Waals surface area (Å²) in [6.07, 6.45) is 2.20. The first-order chi connectivity index (χ1) is 9.52. The fourth-order valence-corrected chi connectivity index (χ4v) is 2.92. The highest BCUT2D eigenvalue weighted by atomic mass is 16.2. The van der Waals surface area contributed by atoms with E-state index in [4.69, 9.17) is 0 Å². The normalized spacial score (nSPS) is 18.6. The summed E-state index contributed by atoms with van der Waals surface area (Å²) in [5.41, 5.74) is 2.82. The molecular weight excluding hydrogens is 250 g/mol. The van der Waals surface area contributed by atoms with Gasteiger partial charge in [-0.3, -0.25) is 4.79 Å². The van der Waals surface area contributed by atoms with Gasteiger partial charge < -0.3 is 15.1 Å². The van der Waals surface area contributed by atoms with Gasteiger partial charge in [-0.25, -0.2) is 0 Å². The second-order valence-corrected chi connectivity index (χ2v) is 5.86. The van der Waals surface area contributed by atoms with E-state index in [1.54, 1.807) is 0 Å². The molecule has 1 aliphatic heterocycles. The van der Waals surface area contributed by atoms with Gasteiger partial charge in [-0.05, 0) is 46.0 Å². The fraction of sp³-hybridized carbons (Fsp3) is 0.562. The van der Waals surface area contributed by atoms with Crippen molar-refractivity contribution in [2.45, 2.75) is 25.8 Å². The molecule has 1 heterocycles. The summed E-state index contributed by atoms with van der Waals surface area (Å²) in [6, 6.07) is 6.34. The van der Waals surface area contributed by atoms with Crippen molar-refractivity contribution in [3.63, 3.8) is 0 Å². The van der Waals surface area contributed by atoms with Crippen LogP contribution in [-0.2, 0) is 0 Å². The van der Waals surface area contributed by atoms with Gasteiger partial charge in [0.25, 0.3) is 5.91 Å². The molecule has 1 atom stereocenters. The predicted octanol–water partition coefficient (Wildman–Crippen LogP) is 2.20. The first kappa shape index (κ1) is 14.9. The maximum absolute atomic E-state index is 12.8. The van der Waals surface area contributed by atoms with Crippen molar-refractivity contribution in [1.29, 1.82) is 0 Å². The molecule has 20 heavy (non-hydrogen) atoms. The van der Waals surface area contributed by atoms with Crippen LogP contribution < -0.4 is 5.32 Å². The third kappa shape index (κ3) is 3.12. The Bertz CT molecular complexity index is 485. The molecule has 1 saturated heterocycles. The lowest BCUT2D eigenvalue weighted by Gasteiger charge is -2.28. The van der Waals surface area contributed by atoms with Gasteiger partial charge in [0.1, 0.15) is 0 Å². The number of nitrogens with zero attached hydrogens (tertiary/aromatic N) is 2. The molecule has 0 bridgehead atoms. The van der Waals surface area contributed by atoms with Gasteiger partial charge in [0.05, 0.1) is 5.56 Å². The highest BCUT2D eigenvalue weighted by Gasteiger charge is 2.30. The Balaban J connectivity index is 2.24. The van der Waals surface area contributed by atoms with Gasteiger partial charge >= 0.3 is 0 Å². The highest BCUT2D eigenvalue weighted by molar-refractivity contribution is 6.00. The molecule has 0 radical (unpaired) electrons. The minimum atomic E-state index is 0.155. The van der Waals surface area contributed by atoms with Gasteiger partial charge in [-0.1, -0.05) is 11.6 Å². The SMILES string of the molecule is CNc1ccc(C)cc1C(=O)N1CCCC1CN(C)C. The second kappa shape index (κ2) is 6.27. The summed E-state index contributed by atoms with van der Waals surface area (Å²) in [5, 5.41) is 3.12. The number of nitrogens with one attached hydrogen (secondary N) is 1. The van der Waals surface area contributed by atoms with Crippen LogP contribution in [0.5, 0.6) is 0 Å². The number of rotatable bonds is 4. The number of likely N-dealkylation sites (N-methyl/N-ethyl adjacent to an activating group) is 1. The zero-order chi connectivity index (χ0) is 14.7. The van der Waals surface area contributed by atoms with Crippen LogP contribution >= 0.6 is 0 Å². The highest BCUT2D eigenvalue weighted by Crippen LogP contribution is 2.24. The molecule has 0 aromatic heterocycles. The first-order valence-corrected chi connectivity index (χ1v) is 7.27. The Morgan fingerprint density at radius 2 is 2.20 bits per heavy atom. The summed E-state index contributed by atoms with van der Waals surface area (Å²) < 4.78 is 0. The Morgan fingerprint density at radius 3 is 2.85 bits per heavy atom. The number of benzene rings is 1. The van der Waals surface area contributed by atoms with Crippen LogP contribution in [0.1, 0.15) is 28.8 Å². The molecule has 1 fully saturated rings. The summed E-state index contributed by atoms with van der Waals surface area (Å²) in [7, 11) is 5.99. The number of aryl methyl sites for hydroxylation is 1. The van der Waals surface area contributed by atoms with Gasteiger partial charge in [0.2, 0.25) is 0 Å². The van der Waals surface area contributed by atoms with E-state index in [1.165, 1.54) is 0 Å². The van der Waals surface area contributed by atoms with Gasteiger partial charge in [0, 0.05) is 31.9 Å². The molecule has 1 amide bonds. The number of likely N-dealkylation sites (tertiary alicyclic amines) is 1. The van der Waals surface area contributed by atoms with Crippen molar-refractivity contribution in [2.75, 3.05) is 39.5 Å². The molecule has 1 aliphatic rings. The average molecular weight is 275 g/mol. The molecule has 1 unspecified atom stereocenters.